The quantitative estimate of drug-likeness (QED) is 0.358. The summed E-state index contributed by atoms with van der Waals surface area (Å²) >= 11 is 1.73. The first kappa shape index (κ1) is 22.8. The van der Waals surface area contributed by atoms with Gasteiger partial charge in [0.25, 0.3) is 0 Å². The Labute approximate surface area is 182 Å². The van der Waals surface area contributed by atoms with Gasteiger partial charge in [-0.25, -0.2) is 13.6 Å². The first-order valence-corrected chi connectivity index (χ1v) is 9.71. The molecule has 2 unspecified atom stereocenters. The smallest absolute Gasteiger partial charge is 0.339 e. The lowest BCUT2D eigenvalue weighted by Crippen LogP contribution is -2.60. The third kappa shape index (κ3) is 4.40. The van der Waals surface area contributed by atoms with Gasteiger partial charge in [0.15, 0.2) is 5.75 Å². The van der Waals surface area contributed by atoms with Crippen molar-refractivity contribution >= 4 is 28.6 Å². The fraction of sp³-hybridized carbons (Fsp3) is 0.316. The van der Waals surface area contributed by atoms with Crippen molar-refractivity contribution in [1.29, 1.82) is 0 Å². The Hall–Kier alpha value is -1.90. The number of hydrogen-bond acceptors (Lipinski definition) is 7. The molecular weight excluding hydrogens is 521 g/mol. The number of rotatable bonds is 5. The largest absolute Gasteiger partial charge is 0.478 e. The maximum absolute atomic E-state index is 14.1. The van der Waals surface area contributed by atoms with Crippen LogP contribution in [0.5, 0.6) is 5.75 Å². The van der Waals surface area contributed by atoms with Crippen LogP contribution in [0.3, 0.4) is 0 Å². The van der Waals surface area contributed by atoms with Crippen LogP contribution in [-0.2, 0) is 4.74 Å². The molecule has 2 aromatic carbocycles. The molecule has 1 aliphatic heterocycles. The van der Waals surface area contributed by atoms with Gasteiger partial charge in [-0.15, -0.1) is 0 Å². The molecule has 0 spiro atoms. The van der Waals surface area contributed by atoms with Crippen molar-refractivity contribution in [2.24, 2.45) is 0 Å². The molecule has 1 saturated heterocycles. The lowest BCUT2D eigenvalue weighted by molar-refractivity contribution is -0.277. The van der Waals surface area contributed by atoms with Crippen LogP contribution < -0.4 is 4.74 Å². The van der Waals surface area contributed by atoms with E-state index in [0.29, 0.717) is 6.07 Å². The van der Waals surface area contributed by atoms with Crippen molar-refractivity contribution in [1.82, 2.24) is 0 Å². The maximum Gasteiger partial charge on any atom is 0.339 e. The van der Waals surface area contributed by atoms with Crippen LogP contribution in [0.4, 0.5) is 8.78 Å². The number of aliphatic hydroxyl groups is 4. The minimum Gasteiger partial charge on any atom is -0.478 e. The van der Waals surface area contributed by atoms with Gasteiger partial charge in [0.1, 0.15) is 41.6 Å². The highest BCUT2D eigenvalue weighted by atomic mass is 127. The summed E-state index contributed by atoms with van der Waals surface area (Å²) in [6.07, 6.45) is -7.90. The molecule has 5 atom stereocenters. The molecule has 30 heavy (non-hydrogen) atoms. The van der Waals surface area contributed by atoms with E-state index in [2.05, 4.69) is 0 Å². The van der Waals surface area contributed by atoms with E-state index in [4.69, 9.17) is 9.47 Å². The fourth-order valence-electron chi connectivity index (χ4n) is 3.03. The number of aliphatic hydroxyl groups excluding tert-OH is 4. The van der Waals surface area contributed by atoms with Crippen LogP contribution in [0.25, 0.3) is 11.1 Å². The van der Waals surface area contributed by atoms with Gasteiger partial charge < -0.3 is 35.0 Å². The Morgan fingerprint density at radius 2 is 1.80 bits per heavy atom. The number of hydrogen-bond donors (Lipinski definition) is 5. The average molecular weight is 538 g/mol. The topological polar surface area (TPSA) is 137 Å². The minimum atomic E-state index is -1.74. The van der Waals surface area contributed by atoms with E-state index in [1.807, 2.05) is 0 Å². The second-order valence-corrected chi connectivity index (χ2v) is 7.74. The van der Waals surface area contributed by atoms with Crippen molar-refractivity contribution in [3.8, 4) is 16.9 Å². The van der Waals surface area contributed by atoms with Gasteiger partial charge in [0, 0.05) is 11.6 Å². The highest BCUT2D eigenvalue weighted by molar-refractivity contribution is 14.1. The lowest BCUT2D eigenvalue weighted by atomic mass is 9.99. The minimum absolute atomic E-state index is 0.0313. The van der Waals surface area contributed by atoms with E-state index < -0.39 is 60.5 Å². The number of benzene rings is 2. The van der Waals surface area contributed by atoms with Crippen LogP contribution in [0, 0.1) is 15.2 Å². The average Bonchev–Trinajstić information content (AvgIpc) is 2.69. The van der Waals surface area contributed by atoms with E-state index in [1.165, 1.54) is 12.1 Å². The number of carboxylic acid groups (broad SMARTS) is 1. The second-order valence-electron chi connectivity index (χ2n) is 6.58. The summed E-state index contributed by atoms with van der Waals surface area (Å²) in [5, 5.41) is 48.7. The predicted octanol–water partition coefficient (Wildman–Crippen LogP) is 1.11. The zero-order valence-electron chi connectivity index (χ0n) is 15.1. The van der Waals surface area contributed by atoms with E-state index in [-0.39, 0.29) is 20.4 Å². The Morgan fingerprint density at radius 3 is 2.40 bits per heavy atom. The summed E-state index contributed by atoms with van der Waals surface area (Å²) in [6.45, 7) is -0.684. The number of carbonyl (C=O) groups is 1. The summed E-state index contributed by atoms with van der Waals surface area (Å²) in [5.74, 6) is -3.34. The molecule has 0 aliphatic carbocycles. The third-order valence-corrected chi connectivity index (χ3v) is 5.40. The Bertz CT molecular complexity index is 954. The normalized spacial score (nSPS) is 26.4. The molecular formula is C19H17F2IO8. The molecule has 0 saturated carbocycles. The Morgan fingerprint density at radius 1 is 1.10 bits per heavy atom. The molecule has 1 fully saturated rings. The molecule has 8 nitrogen and oxygen atoms in total. The standard InChI is InChI=1S/C19H17F2IO8/c20-8-1-2-9(11(21)5-8)7-3-10(18(27)28)17(12(22)4-7)30-19-16(26)15(25)14(24)13(6-23)29-19/h1-5,13-16,19,23-26H,6H2,(H,27,28)/t13?,14-,15+,16?,19+/m1/s1. The number of aromatic carboxylic acids is 1. The van der Waals surface area contributed by atoms with Crippen LogP contribution in [-0.4, -0.2) is 68.8 Å². The molecule has 0 bridgehead atoms. The molecule has 1 aliphatic rings. The first-order chi connectivity index (χ1) is 14.1. The highest BCUT2D eigenvalue weighted by Gasteiger charge is 2.45. The number of halogens is 3. The lowest BCUT2D eigenvalue weighted by Gasteiger charge is -2.39. The van der Waals surface area contributed by atoms with Gasteiger partial charge >= 0.3 is 5.97 Å². The van der Waals surface area contributed by atoms with Gasteiger partial charge in [-0.05, 0) is 52.4 Å². The summed E-state index contributed by atoms with van der Waals surface area (Å²) in [7, 11) is 0. The number of ether oxygens (including phenoxy) is 2. The van der Waals surface area contributed by atoms with E-state index in [0.717, 1.165) is 12.1 Å². The molecule has 162 valence electrons. The molecule has 11 heteroatoms. The SMILES string of the molecule is O=C(O)c1cc(-c2ccc(F)cc2F)cc(I)c1O[C@@H]1OC(CO)[C@@H](O)[C@H](O)C1O. The summed E-state index contributed by atoms with van der Waals surface area (Å²) in [4.78, 5) is 11.8. The van der Waals surface area contributed by atoms with Gasteiger partial charge in [-0.2, -0.15) is 0 Å². The second kappa shape index (κ2) is 9.08. The van der Waals surface area contributed by atoms with Crippen molar-refractivity contribution in [2.45, 2.75) is 30.7 Å². The Balaban J connectivity index is 2.00. The maximum atomic E-state index is 14.1. The zero-order valence-corrected chi connectivity index (χ0v) is 17.2. The summed E-state index contributed by atoms with van der Waals surface area (Å²) in [5.41, 5.74) is -0.288. The molecule has 0 amide bonds. The first-order valence-electron chi connectivity index (χ1n) is 8.63. The van der Waals surface area contributed by atoms with Crippen LogP contribution >= 0.6 is 22.6 Å². The van der Waals surface area contributed by atoms with Gasteiger partial charge in [-0.1, -0.05) is 0 Å². The molecule has 1 heterocycles. The molecule has 0 aromatic heterocycles. The Kier molecular flexibility index (Phi) is 6.89. The van der Waals surface area contributed by atoms with Gasteiger partial charge in [-0.3, -0.25) is 0 Å². The van der Waals surface area contributed by atoms with Gasteiger partial charge in [0.05, 0.1) is 10.2 Å². The summed E-state index contributed by atoms with van der Waals surface area (Å²) in [6, 6.07) is 5.37. The summed E-state index contributed by atoms with van der Waals surface area (Å²) < 4.78 is 38.2. The number of carboxylic acids is 1. The molecule has 2 aromatic rings. The van der Waals surface area contributed by atoms with Gasteiger partial charge in [0.2, 0.25) is 6.29 Å². The fourth-order valence-corrected chi connectivity index (χ4v) is 3.79. The van der Waals surface area contributed by atoms with Crippen molar-refractivity contribution in [2.75, 3.05) is 6.61 Å². The molecule has 0 radical (unpaired) electrons. The van der Waals surface area contributed by atoms with E-state index in [1.54, 1.807) is 22.6 Å². The molecule has 5 N–H and O–H groups in total. The van der Waals surface area contributed by atoms with E-state index in [9.17, 15) is 39.1 Å². The zero-order chi connectivity index (χ0) is 22.2. The molecule has 3 rings (SSSR count). The van der Waals surface area contributed by atoms with Crippen molar-refractivity contribution in [3.63, 3.8) is 0 Å². The predicted molar refractivity (Wildman–Crippen MR) is 106 cm³/mol. The van der Waals surface area contributed by atoms with Crippen LogP contribution in [0.2, 0.25) is 0 Å². The van der Waals surface area contributed by atoms with Crippen molar-refractivity contribution in [3.05, 3.63) is 51.1 Å². The van der Waals surface area contributed by atoms with Crippen LogP contribution in [0.15, 0.2) is 30.3 Å². The van der Waals surface area contributed by atoms with E-state index >= 15 is 0 Å². The monoisotopic (exact) mass is 538 g/mol. The van der Waals surface area contributed by atoms with Crippen LogP contribution in [0.1, 0.15) is 10.4 Å². The third-order valence-electron chi connectivity index (χ3n) is 4.60. The van der Waals surface area contributed by atoms with Crippen molar-refractivity contribution < 1.29 is 48.6 Å². The highest BCUT2D eigenvalue weighted by Crippen LogP contribution is 2.35.